The highest BCUT2D eigenvalue weighted by Gasteiger charge is 2.45. The number of hydrogen-bond donors (Lipinski definition) is 2. The Morgan fingerprint density at radius 1 is 1.40 bits per heavy atom. The number of amides is 1. The average Bonchev–Trinajstić information content (AvgIpc) is 3.34. The van der Waals surface area contributed by atoms with Gasteiger partial charge < -0.3 is 19.9 Å². The normalized spacial score (nSPS) is 20.4. The molecule has 2 aliphatic heterocycles. The molecule has 3 aromatic heterocycles. The molecule has 2 aliphatic rings. The lowest BCUT2D eigenvalue weighted by Crippen LogP contribution is -2.53. The van der Waals surface area contributed by atoms with E-state index in [2.05, 4.69) is 25.3 Å². The maximum Gasteiger partial charge on any atom is 0.233 e. The fourth-order valence-corrected chi connectivity index (χ4v) is 4.09. The van der Waals surface area contributed by atoms with E-state index in [1.54, 1.807) is 18.5 Å². The van der Waals surface area contributed by atoms with Gasteiger partial charge in [0.1, 0.15) is 5.65 Å². The fraction of sp³-hybridized carbons (Fsp3) is 0.400. The first kappa shape index (κ1) is 19.2. The summed E-state index contributed by atoms with van der Waals surface area (Å²) in [5.74, 6) is 0.0186. The van der Waals surface area contributed by atoms with Crippen LogP contribution in [0.2, 0.25) is 5.02 Å². The summed E-state index contributed by atoms with van der Waals surface area (Å²) < 4.78 is 19.6. The topological polar surface area (TPSA) is 96.0 Å². The Kier molecular flexibility index (Phi) is 4.59. The Morgan fingerprint density at radius 3 is 3.00 bits per heavy atom. The molecule has 2 fully saturated rings. The molecule has 1 atom stereocenters. The number of likely N-dealkylation sites (tertiary alicyclic amines) is 1. The smallest absolute Gasteiger partial charge is 0.233 e. The standard InChI is InChI=1S/C20H20ClFN6O2/c1-20(9-30-10-20)19(29)28-3-2-12(8-28)26-18-15(22)7-25-17(27-18)14-6-24-16-13(14)4-11(21)5-23-16/h4-7,12H,2-3,8-10H2,1H3,(H,23,24)(H,25,26,27). The lowest BCUT2D eigenvalue weighted by molar-refractivity contribution is -0.167. The van der Waals surface area contributed by atoms with E-state index in [1.165, 1.54) is 0 Å². The van der Waals surface area contributed by atoms with Gasteiger partial charge in [-0.25, -0.2) is 19.3 Å². The molecule has 2 saturated heterocycles. The summed E-state index contributed by atoms with van der Waals surface area (Å²) in [5.41, 5.74) is 0.895. The zero-order valence-corrected chi connectivity index (χ0v) is 17.0. The molecule has 0 bridgehead atoms. The summed E-state index contributed by atoms with van der Waals surface area (Å²) in [5, 5.41) is 4.39. The summed E-state index contributed by atoms with van der Waals surface area (Å²) >= 11 is 6.06. The number of aromatic nitrogens is 4. The average molecular weight is 431 g/mol. The van der Waals surface area contributed by atoms with Crippen LogP contribution in [0.4, 0.5) is 10.2 Å². The van der Waals surface area contributed by atoms with Gasteiger partial charge in [-0.3, -0.25) is 4.79 Å². The molecule has 2 N–H and O–H groups in total. The summed E-state index contributed by atoms with van der Waals surface area (Å²) in [6.45, 7) is 3.94. The van der Waals surface area contributed by atoms with E-state index in [4.69, 9.17) is 16.3 Å². The van der Waals surface area contributed by atoms with E-state index < -0.39 is 11.2 Å². The minimum absolute atomic E-state index is 0.0880. The van der Waals surface area contributed by atoms with Gasteiger partial charge in [0.15, 0.2) is 17.5 Å². The van der Waals surface area contributed by atoms with Gasteiger partial charge in [0.2, 0.25) is 5.91 Å². The van der Waals surface area contributed by atoms with Crippen molar-refractivity contribution < 1.29 is 13.9 Å². The molecule has 0 aliphatic carbocycles. The molecule has 0 aromatic carbocycles. The monoisotopic (exact) mass is 430 g/mol. The lowest BCUT2D eigenvalue weighted by atomic mass is 9.87. The molecule has 1 amide bonds. The molecule has 156 valence electrons. The lowest BCUT2D eigenvalue weighted by Gasteiger charge is -2.39. The number of ether oxygens (including phenoxy) is 1. The van der Waals surface area contributed by atoms with Crippen LogP contribution in [0.25, 0.3) is 22.4 Å². The number of rotatable bonds is 4. The first-order valence-electron chi connectivity index (χ1n) is 9.72. The van der Waals surface area contributed by atoms with Crippen LogP contribution in [0.3, 0.4) is 0 Å². The van der Waals surface area contributed by atoms with Gasteiger partial charge in [-0.1, -0.05) is 11.6 Å². The number of carbonyl (C=O) groups is 1. The van der Waals surface area contributed by atoms with Crippen molar-refractivity contribution in [2.24, 2.45) is 5.41 Å². The third-order valence-corrected chi connectivity index (χ3v) is 5.86. The summed E-state index contributed by atoms with van der Waals surface area (Å²) in [6.07, 6.45) is 5.13. The van der Waals surface area contributed by atoms with Crippen molar-refractivity contribution in [2.45, 2.75) is 19.4 Å². The molecule has 3 aromatic rings. The van der Waals surface area contributed by atoms with E-state index in [9.17, 15) is 9.18 Å². The number of hydrogen-bond acceptors (Lipinski definition) is 6. The van der Waals surface area contributed by atoms with Crippen LogP contribution in [0, 0.1) is 11.2 Å². The van der Waals surface area contributed by atoms with Crippen LogP contribution in [0.1, 0.15) is 13.3 Å². The second-order valence-electron chi connectivity index (χ2n) is 8.08. The number of anilines is 1. The summed E-state index contributed by atoms with van der Waals surface area (Å²) in [7, 11) is 0. The largest absolute Gasteiger partial charge is 0.379 e. The zero-order chi connectivity index (χ0) is 20.9. The van der Waals surface area contributed by atoms with Crippen LogP contribution in [0.5, 0.6) is 0 Å². The number of halogens is 2. The Bertz CT molecular complexity index is 1130. The van der Waals surface area contributed by atoms with E-state index in [-0.39, 0.29) is 17.8 Å². The van der Waals surface area contributed by atoms with Crippen LogP contribution in [-0.2, 0) is 9.53 Å². The van der Waals surface area contributed by atoms with Crippen LogP contribution in [0.15, 0.2) is 24.7 Å². The van der Waals surface area contributed by atoms with Crippen molar-refractivity contribution in [1.82, 2.24) is 24.8 Å². The predicted molar refractivity (Wildman–Crippen MR) is 110 cm³/mol. The zero-order valence-electron chi connectivity index (χ0n) is 16.3. The highest BCUT2D eigenvalue weighted by atomic mass is 35.5. The van der Waals surface area contributed by atoms with Crippen molar-refractivity contribution in [1.29, 1.82) is 0 Å². The molecular formula is C20H20ClFN6O2. The van der Waals surface area contributed by atoms with Crippen LogP contribution >= 0.6 is 11.6 Å². The predicted octanol–water partition coefficient (Wildman–Crippen LogP) is 2.86. The molecule has 0 saturated carbocycles. The summed E-state index contributed by atoms with van der Waals surface area (Å²) in [4.78, 5) is 30.3. The van der Waals surface area contributed by atoms with Crippen LogP contribution in [-0.4, -0.2) is 63.1 Å². The van der Waals surface area contributed by atoms with Gasteiger partial charge in [0.05, 0.1) is 29.8 Å². The van der Waals surface area contributed by atoms with Crippen molar-refractivity contribution in [3.8, 4) is 11.4 Å². The highest BCUT2D eigenvalue weighted by Crippen LogP contribution is 2.32. The number of fused-ring (bicyclic) bond motifs is 1. The van der Waals surface area contributed by atoms with E-state index in [0.717, 1.165) is 11.6 Å². The summed E-state index contributed by atoms with van der Waals surface area (Å²) in [6, 6.07) is 1.68. The molecule has 5 heterocycles. The molecule has 8 nitrogen and oxygen atoms in total. The SMILES string of the molecule is CC1(C(=O)N2CCC(Nc3nc(-c4c[nH]c5ncc(Cl)cc45)ncc3F)C2)COC1. The quantitative estimate of drug-likeness (QED) is 0.660. The van der Waals surface area contributed by atoms with E-state index in [0.29, 0.717) is 54.8 Å². The fourth-order valence-electron chi connectivity index (χ4n) is 3.93. The number of carbonyl (C=O) groups excluding carboxylic acids is 1. The number of H-pyrrole nitrogens is 1. The number of aromatic amines is 1. The minimum atomic E-state index is -0.543. The molecule has 1 unspecified atom stereocenters. The van der Waals surface area contributed by atoms with Crippen molar-refractivity contribution in [3.63, 3.8) is 0 Å². The first-order chi connectivity index (χ1) is 14.4. The van der Waals surface area contributed by atoms with Gasteiger partial charge in [0, 0.05) is 42.5 Å². The molecule has 0 spiro atoms. The van der Waals surface area contributed by atoms with Crippen LogP contribution < -0.4 is 5.32 Å². The van der Waals surface area contributed by atoms with Gasteiger partial charge >= 0.3 is 0 Å². The third kappa shape index (κ3) is 3.27. The van der Waals surface area contributed by atoms with Crippen molar-refractivity contribution in [3.05, 3.63) is 35.5 Å². The van der Waals surface area contributed by atoms with Gasteiger partial charge in [-0.15, -0.1) is 0 Å². The van der Waals surface area contributed by atoms with Gasteiger partial charge in [0.25, 0.3) is 0 Å². The van der Waals surface area contributed by atoms with Crippen molar-refractivity contribution >= 4 is 34.4 Å². The Labute approximate surface area is 176 Å². The maximum atomic E-state index is 14.4. The third-order valence-electron chi connectivity index (χ3n) is 5.66. The number of nitrogens with zero attached hydrogens (tertiary/aromatic N) is 4. The van der Waals surface area contributed by atoms with Gasteiger partial charge in [-0.2, -0.15) is 0 Å². The number of pyridine rings is 1. The Hall–Kier alpha value is -2.78. The molecular weight excluding hydrogens is 411 g/mol. The molecule has 10 heteroatoms. The molecule has 5 rings (SSSR count). The maximum absolute atomic E-state index is 14.4. The van der Waals surface area contributed by atoms with E-state index >= 15 is 0 Å². The molecule has 0 radical (unpaired) electrons. The second kappa shape index (κ2) is 7.17. The highest BCUT2D eigenvalue weighted by molar-refractivity contribution is 6.31. The van der Waals surface area contributed by atoms with E-state index in [1.807, 2.05) is 11.8 Å². The minimum Gasteiger partial charge on any atom is -0.379 e. The first-order valence-corrected chi connectivity index (χ1v) is 10.1. The Morgan fingerprint density at radius 2 is 2.23 bits per heavy atom. The Balaban J connectivity index is 1.36. The molecule has 30 heavy (non-hydrogen) atoms. The second-order valence-corrected chi connectivity index (χ2v) is 8.51. The van der Waals surface area contributed by atoms with Gasteiger partial charge in [-0.05, 0) is 19.4 Å². The number of nitrogens with one attached hydrogen (secondary N) is 2. The van der Waals surface area contributed by atoms with Crippen molar-refractivity contribution in [2.75, 3.05) is 31.6 Å².